The molecule has 0 radical (unpaired) electrons. The molecule has 29 heavy (non-hydrogen) atoms. The summed E-state index contributed by atoms with van der Waals surface area (Å²) in [5.41, 5.74) is 12.5. The van der Waals surface area contributed by atoms with E-state index in [1.807, 2.05) is 6.07 Å². The van der Waals surface area contributed by atoms with Crippen LogP contribution in [0.1, 0.15) is 51.0 Å². The first-order chi connectivity index (χ1) is 13.8. The van der Waals surface area contributed by atoms with Gasteiger partial charge in [0, 0.05) is 6.54 Å². The number of rotatable bonds is 10. The summed E-state index contributed by atoms with van der Waals surface area (Å²) < 4.78 is 0. The standard InChI is InChI=1S/C17H27Cl2N5.C2H4O3/c1-2-3-4-5-6-7-10-22-16(20)24-17(21)23-12-13-8-9-14(18)15(19)11-13;3-1-2(4)5/h8-9,11H,2-7,10,12H2,1H3,(H5,20,21,22,23,24);3H,1H2,(H,4,5). The Morgan fingerprint density at radius 2 is 1.62 bits per heavy atom. The van der Waals surface area contributed by atoms with Crippen LogP contribution >= 0.6 is 23.2 Å². The lowest BCUT2D eigenvalue weighted by Gasteiger charge is -2.05. The van der Waals surface area contributed by atoms with Crippen LogP contribution in [-0.2, 0) is 11.3 Å². The lowest BCUT2D eigenvalue weighted by atomic mass is 10.1. The molecule has 1 rings (SSSR count). The van der Waals surface area contributed by atoms with Gasteiger partial charge in [0.05, 0.1) is 16.6 Å². The van der Waals surface area contributed by atoms with Crippen LogP contribution in [-0.4, -0.2) is 41.3 Å². The fourth-order valence-electron chi connectivity index (χ4n) is 2.12. The number of hydrogen-bond acceptors (Lipinski definition) is 4. The lowest BCUT2D eigenvalue weighted by molar-refractivity contribution is -0.140. The highest BCUT2D eigenvalue weighted by Gasteiger charge is 2.00. The number of unbranched alkanes of at least 4 members (excludes halogenated alkanes) is 5. The number of nitrogens with one attached hydrogen (secondary N) is 1. The molecule has 8 nitrogen and oxygen atoms in total. The summed E-state index contributed by atoms with van der Waals surface area (Å²) in [6.45, 7) is 2.52. The Morgan fingerprint density at radius 3 is 2.21 bits per heavy atom. The molecule has 0 atom stereocenters. The van der Waals surface area contributed by atoms with Gasteiger partial charge in [-0.25, -0.2) is 9.79 Å². The van der Waals surface area contributed by atoms with Crippen molar-refractivity contribution in [3.05, 3.63) is 33.8 Å². The molecule has 0 aliphatic carbocycles. The largest absolute Gasteiger partial charge is 0.480 e. The Hall–Kier alpha value is -2.03. The quantitative estimate of drug-likeness (QED) is 0.211. The molecule has 0 spiro atoms. The third-order valence-corrected chi connectivity index (χ3v) is 4.34. The summed E-state index contributed by atoms with van der Waals surface area (Å²) in [7, 11) is 0. The van der Waals surface area contributed by atoms with E-state index in [0.29, 0.717) is 29.1 Å². The second-order valence-electron chi connectivity index (χ2n) is 6.16. The average molecular weight is 448 g/mol. The Kier molecular flexibility index (Phi) is 15.7. The van der Waals surface area contributed by atoms with Gasteiger partial charge in [0.25, 0.3) is 0 Å². The monoisotopic (exact) mass is 447 g/mol. The van der Waals surface area contributed by atoms with Crippen LogP contribution < -0.4 is 16.8 Å². The molecule has 0 aromatic heterocycles. The van der Waals surface area contributed by atoms with Gasteiger partial charge >= 0.3 is 5.97 Å². The molecule has 0 saturated heterocycles. The van der Waals surface area contributed by atoms with Gasteiger partial charge in [0.1, 0.15) is 6.61 Å². The molecule has 0 aliphatic rings. The molecule has 10 heteroatoms. The van der Waals surface area contributed by atoms with Crippen molar-refractivity contribution in [2.45, 2.75) is 52.0 Å². The highest BCUT2D eigenvalue weighted by Crippen LogP contribution is 2.22. The van der Waals surface area contributed by atoms with Crippen LogP contribution in [0.3, 0.4) is 0 Å². The SMILES string of the molecule is CCCCCCCCN=C(N)NC(N)=NCc1ccc(Cl)c(Cl)c1.O=C(O)CO. The number of guanidine groups is 2. The highest BCUT2D eigenvalue weighted by atomic mass is 35.5. The lowest BCUT2D eigenvalue weighted by Crippen LogP contribution is -2.41. The summed E-state index contributed by atoms with van der Waals surface area (Å²) in [6, 6.07) is 5.34. The molecular formula is C19H31Cl2N5O3. The smallest absolute Gasteiger partial charge is 0.329 e. The summed E-state index contributed by atoms with van der Waals surface area (Å²) >= 11 is 11.8. The predicted molar refractivity (Wildman–Crippen MR) is 120 cm³/mol. The number of carboxylic acid groups (broad SMARTS) is 1. The van der Waals surface area contributed by atoms with Gasteiger partial charge in [0.15, 0.2) is 11.9 Å². The Balaban J connectivity index is 0.00000139. The zero-order chi connectivity index (χ0) is 22.1. The number of benzene rings is 1. The van der Waals surface area contributed by atoms with Gasteiger partial charge in [0.2, 0.25) is 0 Å². The minimum absolute atomic E-state index is 0.227. The van der Waals surface area contributed by atoms with E-state index in [1.165, 1.54) is 32.1 Å². The molecule has 0 heterocycles. The first-order valence-electron chi connectivity index (χ1n) is 9.43. The number of aliphatic hydroxyl groups is 1. The van der Waals surface area contributed by atoms with E-state index in [1.54, 1.807) is 12.1 Å². The molecule has 0 saturated carbocycles. The van der Waals surface area contributed by atoms with Crippen molar-refractivity contribution in [1.82, 2.24) is 5.32 Å². The number of hydrogen-bond donors (Lipinski definition) is 5. The normalized spacial score (nSPS) is 11.6. The van der Waals surface area contributed by atoms with Crippen molar-refractivity contribution >= 4 is 41.1 Å². The number of carbonyl (C=O) groups is 1. The van der Waals surface area contributed by atoms with E-state index in [0.717, 1.165) is 12.0 Å². The van der Waals surface area contributed by atoms with E-state index in [4.69, 9.17) is 49.7 Å². The predicted octanol–water partition coefficient (Wildman–Crippen LogP) is 3.14. The van der Waals surface area contributed by atoms with E-state index in [2.05, 4.69) is 22.2 Å². The fraction of sp³-hybridized carbons (Fsp3) is 0.526. The average Bonchev–Trinajstić information content (AvgIpc) is 2.68. The number of halogens is 2. The van der Waals surface area contributed by atoms with Crippen molar-refractivity contribution in [2.75, 3.05) is 13.2 Å². The molecule has 1 aromatic carbocycles. The number of aliphatic hydroxyl groups excluding tert-OH is 1. The zero-order valence-corrected chi connectivity index (χ0v) is 18.2. The van der Waals surface area contributed by atoms with Crippen LogP contribution in [0.25, 0.3) is 0 Å². The van der Waals surface area contributed by atoms with Gasteiger partial charge in [-0.15, -0.1) is 0 Å². The first kappa shape index (κ1) is 27.0. The minimum Gasteiger partial charge on any atom is -0.480 e. The number of nitrogens with zero attached hydrogens (tertiary/aromatic N) is 2. The Morgan fingerprint density at radius 1 is 1.03 bits per heavy atom. The van der Waals surface area contributed by atoms with Crippen LogP contribution in [0.2, 0.25) is 10.0 Å². The van der Waals surface area contributed by atoms with Crippen LogP contribution in [0.5, 0.6) is 0 Å². The maximum atomic E-state index is 9.12. The van der Waals surface area contributed by atoms with Crippen molar-refractivity contribution < 1.29 is 15.0 Å². The Bertz CT molecular complexity index is 669. The zero-order valence-electron chi connectivity index (χ0n) is 16.7. The van der Waals surface area contributed by atoms with Crippen molar-refractivity contribution in [3.63, 3.8) is 0 Å². The van der Waals surface area contributed by atoms with Crippen LogP contribution in [0.4, 0.5) is 0 Å². The van der Waals surface area contributed by atoms with E-state index in [-0.39, 0.29) is 5.96 Å². The molecule has 0 unspecified atom stereocenters. The Labute approximate surface area is 182 Å². The van der Waals surface area contributed by atoms with Crippen molar-refractivity contribution in [3.8, 4) is 0 Å². The number of nitrogens with two attached hydrogens (primary N) is 2. The molecule has 0 fully saturated rings. The topological polar surface area (TPSA) is 146 Å². The van der Waals surface area contributed by atoms with Crippen molar-refractivity contribution in [1.29, 1.82) is 0 Å². The number of aliphatic carboxylic acids is 1. The molecule has 164 valence electrons. The maximum absolute atomic E-state index is 9.12. The number of carboxylic acids is 1. The first-order valence-corrected chi connectivity index (χ1v) is 10.2. The molecule has 1 aromatic rings. The van der Waals surface area contributed by atoms with Crippen LogP contribution in [0.15, 0.2) is 28.2 Å². The fourth-order valence-corrected chi connectivity index (χ4v) is 2.44. The third kappa shape index (κ3) is 15.6. The second kappa shape index (κ2) is 16.9. The summed E-state index contributed by atoms with van der Waals surface area (Å²) in [5.74, 6) is -0.672. The minimum atomic E-state index is -1.19. The summed E-state index contributed by atoms with van der Waals surface area (Å²) in [4.78, 5) is 17.6. The molecule has 0 aliphatic heterocycles. The van der Waals surface area contributed by atoms with Gasteiger partial charge in [-0.2, -0.15) is 0 Å². The summed E-state index contributed by atoms with van der Waals surface area (Å²) in [5, 5.41) is 18.8. The summed E-state index contributed by atoms with van der Waals surface area (Å²) in [6.07, 6.45) is 7.32. The van der Waals surface area contributed by atoms with Gasteiger partial charge < -0.3 is 21.7 Å². The van der Waals surface area contributed by atoms with E-state index in [9.17, 15) is 0 Å². The van der Waals surface area contributed by atoms with E-state index >= 15 is 0 Å². The molecule has 0 bridgehead atoms. The molecule has 7 N–H and O–H groups in total. The second-order valence-corrected chi connectivity index (χ2v) is 6.98. The van der Waals surface area contributed by atoms with Crippen LogP contribution in [0, 0.1) is 0 Å². The van der Waals surface area contributed by atoms with Gasteiger partial charge in [-0.1, -0.05) is 68.3 Å². The van der Waals surface area contributed by atoms with Gasteiger partial charge in [-0.05, 0) is 24.1 Å². The third-order valence-electron chi connectivity index (χ3n) is 3.60. The van der Waals surface area contributed by atoms with Gasteiger partial charge in [-0.3, -0.25) is 10.3 Å². The molecular weight excluding hydrogens is 417 g/mol. The number of aliphatic imine (C=N–C) groups is 2. The maximum Gasteiger partial charge on any atom is 0.329 e. The van der Waals surface area contributed by atoms with Crippen molar-refractivity contribution in [2.24, 2.45) is 21.5 Å². The molecule has 0 amide bonds. The highest BCUT2D eigenvalue weighted by molar-refractivity contribution is 6.42. The van der Waals surface area contributed by atoms with E-state index < -0.39 is 12.6 Å².